The highest BCUT2D eigenvalue weighted by atomic mass is 16.5. The lowest BCUT2D eigenvalue weighted by Gasteiger charge is -2.12. The predicted molar refractivity (Wildman–Crippen MR) is 105 cm³/mol. The first kappa shape index (κ1) is 19.0. The van der Waals surface area contributed by atoms with Crippen LogP contribution in [0.4, 0.5) is 11.4 Å². The summed E-state index contributed by atoms with van der Waals surface area (Å²) in [5.74, 6) is 0.543. The first-order valence-corrected chi connectivity index (χ1v) is 8.68. The van der Waals surface area contributed by atoms with Crippen molar-refractivity contribution in [2.24, 2.45) is 0 Å². The lowest BCUT2D eigenvalue weighted by Crippen LogP contribution is -2.14. The van der Waals surface area contributed by atoms with E-state index in [4.69, 9.17) is 13.9 Å². The molecule has 144 valence electrons. The maximum atomic E-state index is 12.5. The van der Waals surface area contributed by atoms with E-state index in [1.807, 2.05) is 6.92 Å². The minimum atomic E-state index is -0.396. The molecule has 28 heavy (non-hydrogen) atoms. The lowest BCUT2D eigenvalue weighted by atomic mass is 10.2. The number of anilines is 2. The first-order valence-electron chi connectivity index (χ1n) is 8.68. The Labute approximate surface area is 162 Å². The average molecular weight is 380 g/mol. The fraction of sp³-hybridized carbons (Fsp3) is 0.143. The van der Waals surface area contributed by atoms with Gasteiger partial charge in [0.2, 0.25) is 0 Å². The second kappa shape index (κ2) is 8.77. The number of ether oxygens (including phenoxy) is 2. The quantitative estimate of drug-likeness (QED) is 0.641. The molecule has 0 radical (unpaired) electrons. The average Bonchev–Trinajstić information content (AvgIpc) is 3.24. The van der Waals surface area contributed by atoms with Gasteiger partial charge in [-0.25, -0.2) is 0 Å². The highest BCUT2D eigenvalue weighted by Crippen LogP contribution is 2.29. The third-order valence-electron chi connectivity index (χ3n) is 3.86. The van der Waals surface area contributed by atoms with Gasteiger partial charge in [-0.3, -0.25) is 9.59 Å². The fourth-order valence-corrected chi connectivity index (χ4v) is 2.56. The molecule has 2 amide bonds. The van der Waals surface area contributed by atoms with Crippen LogP contribution in [0, 0.1) is 0 Å². The van der Waals surface area contributed by atoms with Gasteiger partial charge >= 0.3 is 0 Å². The van der Waals surface area contributed by atoms with Crippen molar-refractivity contribution in [3.63, 3.8) is 0 Å². The Morgan fingerprint density at radius 2 is 1.86 bits per heavy atom. The highest BCUT2D eigenvalue weighted by Gasteiger charge is 2.14. The molecule has 0 fully saturated rings. The van der Waals surface area contributed by atoms with Crippen LogP contribution in [0.2, 0.25) is 0 Å². The van der Waals surface area contributed by atoms with Gasteiger partial charge in [0.05, 0.1) is 25.7 Å². The van der Waals surface area contributed by atoms with Crippen molar-refractivity contribution >= 4 is 23.2 Å². The minimum Gasteiger partial charge on any atom is -0.494 e. The fourth-order valence-electron chi connectivity index (χ4n) is 2.56. The second-order valence-electron chi connectivity index (χ2n) is 5.76. The summed E-state index contributed by atoms with van der Waals surface area (Å²) in [6, 6.07) is 15.1. The zero-order valence-electron chi connectivity index (χ0n) is 15.5. The number of carbonyl (C=O) groups excluding carboxylic acids is 2. The summed E-state index contributed by atoms with van der Waals surface area (Å²) in [5.41, 5.74) is 1.46. The van der Waals surface area contributed by atoms with Crippen LogP contribution in [0.3, 0.4) is 0 Å². The summed E-state index contributed by atoms with van der Waals surface area (Å²) >= 11 is 0. The van der Waals surface area contributed by atoms with E-state index in [9.17, 15) is 9.59 Å². The molecule has 0 spiro atoms. The normalized spacial score (nSPS) is 10.2. The molecule has 0 aliphatic carbocycles. The molecule has 0 saturated heterocycles. The highest BCUT2D eigenvalue weighted by molar-refractivity contribution is 6.05. The van der Waals surface area contributed by atoms with E-state index in [1.54, 1.807) is 54.6 Å². The molecule has 1 aromatic heterocycles. The zero-order valence-corrected chi connectivity index (χ0v) is 15.5. The first-order chi connectivity index (χ1) is 13.6. The molecular weight excluding hydrogens is 360 g/mol. The summed E-state index contributed by atoms with van der Waals surface area (Å²) in [6.45, 7) is 2.40. The summed E-state index contributed by atoms with van der Waals surface area (Å²) in [6.07, 6.45) is 1.42. The van der Waals surface area contributed by atoms with Gasteiger partial charge in [-0.15, -0.1) is 0 Å². The largest absolute Gasteiger partial charge is 0.494 e. The van der Waals surface area contributed by atoms with E-state index in [1.165, 1.54) is 13.4 Å². The van der Waals surface area contributed by atoms with Crippen molar-refractivity contribution in [1.29, 1.82) is 0 Å². The molecule has 2 N–H and O–H groups in total. The SMILES string of the molecule is CCOc1cccc(C(=O)Nc2ccc(NC(=O)c3ccco3)c(OC)c2)c1. The molecule has 0 bridgehead atoms. The number of nitrogens with one attached hydrogen (secondary N) is 2. The molecule has 0 unspecified atom stereocenters. The van der Waals surface area contributed by atoms with Crippen molar-refractivity contribution in [1.82, 2.24) is 0 Å². The predicted octanol–water partition coefficient (Wildman–Crippen LogP) is 4.19. The van der Waals surface area contributed by atoms with Crippen molar-refractivity contribution in [3.8, 4) is 11.5 Å². The van der Waals surface area contributed by atoms with Gasteiger partial charge in [0.15, 0.2) is 5.76 Å². The van der Waals surface area contributed by atoms with Crippen molar-refractivity contribution in [3.05, 3.63) is 72.2 Å². The number of methoxy groups -OCH3 is 1. The monoisotopic (exact) mass is 380 g/mol. The smallest absolute Gasteiger partial charge is 0.291 e. The van der Waals surface area contributed by atoms with Gasteiger partial charge < -0.3 is 24.5 Å². The number of furan rings is 1. The lowest BCUT2D eigenvalue weighted by molar-refractivity contribution is 0.0994. The Kier molecular flexibility index (Phi) is 5.96. The van der Waals surface area contributed by atoms with Gasteiger partial charge in [-0.05, 0) is 49.4 Å². The molecule has 2 aromatic carbocycles. The molecule has 1 heterocycles. The van der Waals surface area contributed by atoms with Crippen LogP contribution in [0.15, 0.2) is 65.3 Å². The number of benzene rings is 2. The standard InChI is InChI=1S/C21H20N2O5/c1-3-27-16-7-4-6-14(12-16)20(24)22-15-9-10-17(19(13-15)26-2)23-21(25)18-8-5-11-28-18/h4-13H,3H2,1-2H3,(H,22,24)(H,23,25). The van der Waals surface area contributed by atoms with Gasteiger partial charge in [0, 0.05) is 17.3 Å². The molecule has 3 rings (SSSR count). The van der Waals surface area contributed by atoms with E-state index in [0.717, 1.165) is 0 Å². The van der Waals surface area contributed by atoms with Gasteiger partial charge in [0.25, 0.3) is 11.8 Å². The van der Waals surface area contributed by atoms with Crippen molar-refractivity contribution in [2.75, 3.05) is 24.4 Å². The number of amides is 2. The van der Waals surface area contributed by atoms with Crippen LogP contribution in [-0.4, -0.2) is 25.5 Å². The summed E-state index contributed by atoms with van der Waals surface area (Å²) in [5, 5.41) is 5.52. The molecule has 0 atom stereocenters. The molecule has 7 nitrogen and oxygen atoms in total. The van der Waals surface area contributed by atoms with Crippen LogP contribution in [0.1, 0.15) is 27.8 Å². The summed E-state index contributed by atoms with van der Waals surface area (Å²) in [4.78, 5) is 24.6. The molecule has 3 aromatic rings. The number of carbonyl (C=O) groups is 2. The van der Waals surface area contributed by atoms with Gasteiger partial charge in [-0.1, -0.05) is 6.07 Å². The van der Waals surface area contributed by atoms with Crippen LogP contribution < -0.4 is 20.1 Å². The third-order valence-corrected chi connectivity index (χ3v) is 3.86. The Balaban J connectivity index is 1.73. The molecular formula is C21H20N2O5. The van der Waals surface area contributed by atoms with E-state index < -0.39 is 5.91 Å². The Hall–Kier alpha value is -3.74. The maximum absolute atomic E-state index is 12.5. The second-order valence-corrected chi connectivity index (χ2v) is 5.76. The number of rotatable bonds is 7. The van der Waals surface area contributed by atoms with Crippen molar-refractivity contribution in [2.45, 2.75) is 6.92 Å². The molecule has 0 saturated carbocycles. The number of hydrogen-bond donors (Lipinski definition) is 2. The van der Waals surface area contributed by atoms with E-state index in [0.29, 0.717) is 35.0 Å². The van der Waals surface area contributed by atoms with Crippen LogP contribution in [-0.2, 0) is 0 Å². The Bertz CT molecular complexity index is 967. The van der Waals surface area contributed by atoms with E-state index in [2.05, 4.69) is 10.6 Å². The topological polar surface area (TPSA) is 89.8 Å². The van der Waals surface area contributed by atoms with Crippen LogP contribution in [0.5, 0.6) is 11.5 Å². The minimum absolute atomic E-state index is 0.189. The third kappa shape index (κ3) is 4.50. The molecule has 7 heteroatoms. The van der Waals surface area contributed by atoms with E-state index >= 15 is 0 Å². The maximum Gasteiger partial charge on any atom is 0.291 e. The van der Waals surface area contributed by atoms with Crippen LogP contribution >= 0.6 is 0 Å². The Morgan fingerprint density at radius 3 is 2.57 bits per heavy atom. The molecule has 0 aliphatic heterocycles. The van der Waals surface area contributed by atoms with Crippen LogP contribution in [0.25, 0.3) is 0 Å². The Morgan fingerprint density at radius 1 is 1.00 bits per heavy atom. The number of hydrogen-bond acceptors (Lipinski definition) is 5. The van der Waals surface area contributed by atoms with Gasteiger partial charge in [0.1, 0.15) is 11.5 Å². The molecule has 0 aliphatic rings. The van der Waals surface area contributed by atoms with E-state index in [-0.39, 0.29) is 11.7 Å². The van der Waals surface area contributed by atoms with Crippen molar-refractivity contribution < 1.29 is 23.5 Å². The summed E-state index contributed by atoms with van der Waals surface area (Å²) < 4.78 is 15.8. The zero-order chi connectivity index (χ0) is 19.9. The summed E-state index contributed by atoms with van der Waals surface area (Å²) in [7, 11) is 1.48. The van der Waals surface area contributed by atoms with Gasteiger partial charge in [-0.2, -0.15) is 0 Å².